The Labute approximate surface area is 309 Å². The number of nitriles is 2. The minimum Gasteiger partial charge on any atom is -0.368 e. The van der Waals surface area contributed by atoms with Crippen LogP contribution in [0.4, 0.5) is 0 Å². The van der Waals surface area contributed by atoms with E-state index in [1.807, 2.05) is 39.1 Å². The smallest absolute Gasteiger partial charge is 0.264 e. The molecule has 0 aliphatic carbocycles. The molecule has 0 amide bonds. The summed E-state index contributed by atoms with van der Waals surface area (Å²) in [7, 11) is -2.49. The number of halogens is 3. The van der Waals surface area contributed by atoms with Crippen LogP contribution in [0.25, 0.3) is 0 Å². The number of hydrogen-bond acceptors (Lipinski definition) is 10. The van der Waals surface area contributed by atoms with E-state index in [2.05, 4.69) is 31.8 Å². The molecule has 2 atom stereocenters. The lowest BCUT2D eigenvalue weighted by Crippen LogP contribution is -2.41. The molecule has 3 N–H and O–H groups in total. The zero-order chi connectivity index (χ0) is 37.7. The first-order valence-corrected chi connectivity index (χ1v) is 20.2. The Hall–Kier alpha value is -3.93. The van der Waals surface area contributed by atoms with Crippen molar-refractivity contribution in [1.82, 2.24) is 14.7 Å². The highest BCUT2D eigenvalue weighted by Gasteiger charge is 2.25. The molecule has 14 nitrogen and oxygen atoms in total. The first-order valence-electron chi connectivity index (χ1n) is 15.3. The van der Waals surface area contributed by atoms with Crippen molar-refractivity contribution >= 4 is 77.3 Å². The quantitative estimate of drug-likeness (QED) is 0.165. The van der Waals surface area contributed by atoms with E-state index in [0.29, 0.717) is 31.5 Å². The fourth-order valence-electron chi connectivity index (χ4n) is 3.93. The standard InChI is InChI=1S/C15H19N5O2S.C8H16N4.C7H4ClNO2S.CH2Cl2/c1-3-12-10-18-20(11-12)15(17-4-2)19-23(21,22)14-7-5-6-13(8-14)9-16;1-3-7-5-11-12(6-7)8(9)10-4-2;8-12(10,11)7-3-1-2-6(4-7)5-9;2-1-3/h5-8,10,12H,3-4,11H2,1-2H3,(H,17,19);5,7H,3-4,6H2,1-2H3,(H2,9,10);1-4H;1H2. The highest BCUT2D eigenvalue weighted by atomic mass is 35.7. The molecule has 50 heavy (non-hydrogen) atoms. The Kier molecular flexibility index (Phi) is 20.0. The third-order valence-electron chi connectivity index (χ3n) is 6.58. The zero-order valence-corrected chi connectivity index (χ0v) is 32.0. The van der Waals surface area contributed by atoms with Gasteiger partial charge in [0.1, 0.15) is 0 Å². The van der Waals surface area contributed by atoms with Gasteiger partial charge in [-0.15, -0.1) is 23.2 Å². The number of rotatable bonds is 7. The first kappa shape index (κ1) is 44.1. The number of sulfonamides is 1. The maximum absolute atomic E-state index is 12.5. The van der Waals surface area contributed by atoms with Crippen molar-refractivity contribution < 1.29 is 16.8 Å². The summed E-state index contributed by atoms with van der Waals surface area (Å²) in [5.41, 5.74) is 6.23. The van der Waals surface area contributed by atoms with E-state index in [4.69, 9.17) is 50.1 Å². The second-order valence-electron chi connectivity index (χ2n) is 10.1. The van der Waals surface area contributed by atoms with Gasteiger partial charge in [-0.25, -0.2) is 31.6 Å². The van der Waals surface area contributed by atoms with Gasteiger partial charge in [0.2, 0.25) is 11.9 Å². The minimum atomic E-state index is -3.82. The summed E-state index contributed by atoms with van der Waals surface area (Å²) >= 11 is 9.53. The highest BCUT2D eigenvalue weighted by Crippen LogP contribution is 2.16. The Morgan fingerprint density at radius 1 is 0.860 bits per heavy atom. The molecule has 0 saturated heterocycles. The SMILES string of the molecule is CCN=C(N)N1CC(CC)C=N1.CCN=C(NS(=O)(=O)c1cccc(C#N)c1)N1CC(CC)C=N1.ClCCl.N#Cc1cccc(S(=O)(=O)Cl)c1. The van der Waals surface area contributed by atoms with Gasteiger partial charge in [-0.2, -0.15) is 20.7 Å². The number of nitrogens with zero attached hydrogens (tertiary/aromatic N) is 8. The van der Waals surface area contributed by atoms with E-state index in [-0.39, 0.29) is 38.1 Å². The molecule has 2 aliphatic rings. The van der Waals surface area contributed by atoms with Crippen molar-refractivity contribution in [3.8, 4) is 12.1 Å². The van der Waals surface area contributed by atoms with Gasteiger partial charge in [-0.3, -0.25) is 9.98 Å². The summed E-state index contributed by atoms with van der Waals surface area (Å²) < 4.78 is 49.0. The molecule has 2 unspecified atom stereocenters. The van der Waals surface area contributed by atoms with Crippen LogP contribution in [0, 0.1) is 34.5 Å². The molecular formula is C31H41Cl3N10O4S2. The molecule has 0 bridgehead atoms. The molecule has 2 aromatic carbocycles. The van der Waals surface area contributed by atoms with Crippen molar-refractivity contribution in [3.63, 3.8) is 0 Å². The molecule has 0 saturated carbocycles. The van der Waals surface area contributed by atoms with E-state index < -0.39 is 19.1 Å². The van der Waals surface area contributed by atoms with Crippen molar-refractivity contribution in [1.29, 1.82) is 10.5 Å². The fourth-order valence-corrected chi connectivity index (χ4v) is 5.80. The predicted molar refractivity (Wildman–Crippen MR) is 200 cm³/mol. The number of nitrogens with one attached hydrogen (secondary N) is 1. The normalized spacial score (nSPS) is 16.9. The van der Waals surface area contributed by atoms with Gasteiger partial charge in [-0.05, 0) is 63.1 Å². The maximum Gasteiger partial charge on any atom is 0.264 e. The van der Waals surface area contributed by atoms with E-state index in [1.165, 1.54) is 42.5 Å². The molecule has 0 radical (unpaired) electrons. The molecule has 0 spiro atoms. The van der Waals surface area contributed by atoms with E-state index in [0.717, 1.165) is 19.4 Å². The topological polar surface area (TPSA) is 210 Å². The fraction of sp³-hybridized carbons (Fsp3) is 0.419. The number of hydrazone groups is 2. The Bertz CT molecular complexity index is 1810. The molecule has 2 aromatic rings. The summed E-state index contributed by atoms with van der Waals surface area (Å²) in [6.45, 7) is 10.6. The molecule has 0 fully saturated rings. The molecule has 2 heterocycles. The lowest BCUT2D eigenvalue weighted by atomic mass is 10.1. The van der Waals surface area contributed by atoms with Crippen LogP contribution >= 0.6 is 33.9 Å². The number of aliphatic imine (C=N–C) groups is 2. The number of hydrogen-bond donors (Lipinski definition) is 2. The summed E-state index contributed by atoms with van der Waals surface area (Å²) in [5.74, 6) is 1.55. The lowest BCUT2D eigenvalue weighted by molar-refractivity contribution is 0.429. The Morgan fingerprint density at radius 3 is 1.76 bits per heavy atom. The molecule has 19 heteroatoms. The molecule has 0 aromatic heterocycles. The van der Waals surface area contributed by atoms with Crippen molar-refractivity contribution in [2.45, 2.75) is 50.3 Å². The van der Waals surface area contributed by atoms with Crippen LogP contribution in [0.5, 0.6) is 0 Å². The van der Waals surface area contributed by atoms with Crippen LogP contribution < -0.4 is 10.5 Å². The first-order chi connectivity index (χ1) is 23.7. The average molecular weight is 788 g/mol. The molecule has 4 rings (SSSR count). The Balaban J connectivity index is 0.000000391. The number of guanidine groups is 2. The van der Waals surface area contributed by atoms with E-state index >= 15 is 0 Å². The van der Waals surface area contributed by atoms with Crippen molar-refractivity contribution in [2.75, 3.05) is 31.5 Å². The van der Waals surface area contributed by atoms with Gasteiger partial charge in [0.15, 0.2) is 0 Å². The van der Waals surface area contributed by atoms with Crippen LogP contribution in [-0.4, -0.2) is 82.7 Å². The van der Waals surface area contributed by atoms with Gasteiger partial charge in [0, 0.05) is 48.0 Å². The predicted octanol–water partition coefficient (Wildman–Crippen LogP) is 5.10. The second kappa shape index (κ2) is 22.7. The Morgan fingerprint density at radius 2 is 1.32 bits per heavy atom. The number of nitrogens with two attached hydrogens (primary N) is 1. The number of alkyl halides is 2. The molecular weight excluding hydrogens is 747 g/mol. The summed E-state index contributed by atoms with van der Waals surface area (Å²) in [5, 5.41) is 29.2. The molecule has 272 valence electrons. The van der Waals surface area contributed by atoms with Crippen molar-refractivity contribution in [3.05, 3.63) is 59.7 Å². The second-order valence-corrected chi connectivity index (χ2v) is 15.1. The third kappa shape index (κ3) is 15.3. The van der Waals surface area contributed by atoms with E-state index in [1.54, 1.807) is 22.3 Å². The highest BCUT2D eigenvalue weighted by molar-refractivity contribution is 8.13. The summed E-state index contributed by atoms with van der Waals surface area (Å²) in [4.78, 5) is 8.25. The monoisotopic (exact) mass is 786 g/mol. The van der Waals surface area contributed by atoms with Crippen LogP contribution in [0.3, 0.4) is 0 Å². The zero-order valence-electron chi connectivity index (χ0n) is 28.1. The van der Waals surface area contributed by atoms with E-state index in [9.17, 15) is 16.8 Å². The third-order valence-corrected chi connectivity index (χ3v) is 9.26. The van der Waals surface area contributed by atoms with Crippen LogP contribution in [0.2, 0.25) is 0 Å². The largest absolute Gasteiger partial charge is 0.368 e. The van der Waals surface area contributed by atoms with Gasteiger partial charge in [0.25, 0.3) is 19.1 Å². The van der Waals surface area contributed by atoms with Crippen LogP contribution in [-0.2, 0) is 19.1 Å². The van der Waals surface area contributed by atoms with Gasteiger partial charge in [0.05, 0.1) is 51.5 Å². The van der Waals surface area contributed by atoms with Gasteiger partial charge >= 0.3 is 0 Å². The molecule has 2 aliphatic heterocycles. The van der Waals surface area contributed by atoms with Crippen LogP contribution in [0.15, 0.2) is 78.5 Å². The number of benzene rings is 2. The summed E-state index contributed by atoms with van der Waals surface area (Å²) in [6.07, 6.45) is 5.78. The maximum atomic E-state index is 12.5. The van der Waals surface area contributed by atoms with Gasteiger partial charge in [-0.1, -0.05) is 26.0 Å². The average Bonchev–Trinajstić information content (AvgIpc) is 3.79. The van der Waals surface area contributed by atoms with Crippen molar-refractivity contribution in [2.24, 2.45) is 37.8 Å². The lowest BCUT2D eigenvalue weighted by Gasteiger charge is -2.19. The minimum absolute atomic E-state index is 0.0237. The van der Waals surface area contributed by atoms with Crippen LogP contribution in [0.1, 0.15) is 51.7 Å². The summed E-state index contributed by atoms with van der Waals surface area (Å²) in [6, 6.07) is 15.1. The van der Waals surface area contributed by atoms with Gasteiger partial charge < -0.3 is 5.73 Å².